The minimum absolute atomic E-state index is 0.164. The molecule has 0 saturated heterocycles. The predicted molar refractivity (Wildman–Crippen MR) is 101 cm³/mol. The van der Waals surface area contributed by atoms with Crippen molar-refractivity contribution in [3.05, 3.63) is 52.6 Å². The summed E-state index contributed by atoms with van der Waals surface area (Å²) in [7, 11) is 0. The number of carbonyl (C=O) groups excluding carboxylic acids is 2. The number of benzene rings is 1. The van der Waals surface area contributed by atoms with Crippen LogP contribution in [0.25, 0.3) is 0 Å². The largest absolute Gasteiger partial charge is 0.352 e. The van der Waals surface area contributed by atoms with Crippen LogP contribution in [-0.4, -0.2) is 35.0 Å². The van der Waals surface area contributed by atoms with Gasteiger partial charge in [0.1, 0.15) is 5.82 Å². The molecular formula is C19H25N5O2. The van der Waals surface area contributed by atoms with Crippen LogP contribution in [0.3, 0.4) is 0 Å². The first-order valence-corrected chi connectivity index (χ1v) is 8.64. The molecule has 0 spiro atoms. The quantitative estimate of drug-likeness (QED) is 0.742. The van der Waals surface area contributed by atoms with Crippen molar-refractivity contribution in [3.63, 3.8) is 0 Å². The van der Waals surface area contributed by atoms with Crippen molar-refractivity contribution in [1.82, 2.24) is 20.6 Å². The van der Waals surface area contributed by atoms with E-state index in [4.69, 9.17) is 0 Å². The Morgan fingerprint density at radius 3 is 2.35 bits per heavy atom. The number of aromatic nitrogens is 2. The van der Waals surface area contributed by atoms with E-state index in [0.29, 0.717) is 36.6 Å². The Morgan fingerprint density at radius 1 is 1.00 bits per heavy atom. The number of nitrogens with one attached hydrogen (secondary N) is 3. The Balaban J connectivity index is 1.92. The Kier molecular flexibility index (Phi) is 6.66. The van der Waals surface area contributed by atoms with Crippen molar-refractivity contribution < 1.29 is 9.59 Å². The molecule has 3 N–H and O–H groups in total. The predicted octanol–water partition coefficient (Wildman–Crippen LogP) is 2.52. The highest BCUT2D eigenvalue weighted by Crippen LogP contribution is 2.16. The van der Waals surface area contributed by atoms with Gasteiger partial charge in [0.15, 0.2) is 0 Å². The molecule has 1 aromatic heterocycles. The molecule has 3 amide bonds. The fourth-order valence-corrected chi connectivity index (χ4v) is 2.53. The first-order chi connectivity index (χ1) is 12.4. The zero-order chi connectivity index (χ0) is 19.1. The maximum atomic E-state index is 12.1. The van der Waals surface area contributed by atoms with Gasteiger partial charge in [-0.1, -0.05) is 6.07 Å². The van der Waals surface area contributed by atoms with Gasteiger partial charge in [-0.2, -0.15) is 0 Å². The molecule has 0 aliphatic carbocycles. The molecule has 0 fully saturated rings. The minimum atomic E-state index is -0.328. The van der Waals surface area contributed by atoms with Crippen molar-refractivity contribution in [2.75, 3.05) is 18.4 Å². The maximum absolute atomic E-state index is 12.1. The zero-order valence-electron chi connectivity index (χ0n) is 15.6. The lowest BCUT2D eigenvalue weighted by atomic mass is 10.1. The molecule has 1 aromatic carbocycles. The number of rotatable bonds is 6. The summed E-state index contributed by atoms with van der Waals surface area (Å²) >= 11 is 0. The van der Waals surface area contributed by atoms with Gasteiger partial charge in [0, 0.05) is 42.1 Å². The molecule has 2 rings (SSSR count). The van der Waals surface area contributed by atoms with Crippen LogP contribution in [0.2, 0.25) is 0 Å². The first-order valence-electron chi connectivity index (χ1n) is 8.64. The fourth-order valence-electron chi connectivity index (χ4n) is 2.53. The monoisotopic (exact) mass is 355 g/mol. The normalized spacial score (nSPS) is 10.3. The second kappa shape index (κ2) is 8.94. The number of hydrogen-bond acceptors (Lipinski definition) is 4. The van der Waals surface area contributed by atoms with Gasteiger partial charge in [0.05, 0.1) is 0 Å². The van der Waals surface area contributed by atoms with Gasteiger partial charge < -0.3 is 16.0 Å². The average molecular weight is 355 g/mol. The van der Waals surface area contributed by atoms with E-state index >= 15 is 0 Å². The summed E-state index contributed by atoms with van der Waals surface area (Å²) in [6.07, 6.45) is 0.549. The Morgan fingerprint density at radius 2 is 1.69 bits per heavy atom. The molecule has 2 aromatic rings. The SMILES string of the molecule is CCNC(=O)c1ccc(C)c(NC(=O)NCCc2nc(C)cc(C)n2)c1. The van der Waals surface area contributed by atoms with E-state index in [1.165, 1.54) is 0 Å². The van der Waals surface area contributed by atoms with Gasteiger partial charge >= 0.3 is 6.03 Å². The van der Waals surface area contributed by atoms with Crippen LogP contribution in [0.4, 0.5) is 10.5 Å². The van der Waals surface area contributed by atoms with Gasteiger partial charge in [-0.3, -0.25) is 4.79 Å². The van der Waals surface area contributed by atoms with Gasteiger partial charge in [0.2, 0.25) is 0 Å². The molecule has 138 valence electrons. The van der Waals surface area contributed by atoms with E-state index in [-0.39, 0.29) is 11.9 Å². The van der Waals surface area contributed by atoms with Gasteiger partial charge in [-0.15, -0.1) is 0 Å². The van der Waals surface area contributed by atoms with Crippen LogP contribution in [0.5, 0.6) is 0 Å². The second-order valence-electron chi connectivity index (χ2n) is 6.09. The van der Waals surface area contributed by atoms with E-state index < -0.39 is 0 Å². The summed E-state index contributed by atoms with van der Waals surface area (Å²) in [5.41, 5.74) is 3.82. The average Bonchev–Trinajstić information content (AvgIpc) is 2.56. The number of amides is 3. The number of nitrogens with zero attached hydrogens (tertiary/aromatic N) is 2. The fraction of sp³-hybridized carbons (Fsp3) is 0.368. The van der Waals surface area contributed by atoms with Crippen LogP contribution in [-0.2, 0) is 6.42 Å². The molecule has 0 radical (unpaired) electrons. The van der Waals surface area contributed by atoms with Gasteiger partial charge in [0.25, 0.3) is 5.91 Å². The summed E-state index contributed by atoms with van der Waals surface area (Å²) in [5, 5.41) is 8.32. The molecule has 0 aliphatic heterocycles. The number of carbonyl (C=O) groups is 2. The second-order valence-corrected chi connectivity index (χ2v) is 6.09. The summed E-state index contributed by atoms with van der Waals surface area (Å²) in [6.45, 7) is 8.55. The van der Waals surface area contributed by atoms with E-state index in [9.17, 15) is 9.59 Å². The lowest BCUT2D eigenvalue weighted by Gasteiger charge is -2.11. The topological polar surface area (TPSA) is 96.0 Å². The Labute approximate surface area is 153 Å². The van der Waals surface area contributed by atoms with Crippen LogP contribution in [0.15, 0.2) is 24.3 Å². The maximum Gasteiger partial charge on any atom is 0.319 e. The van der Waals surface area contributed by atoms with Crippen molar-refractivity contribution in [1.29, 1.82) is 0 Å². The Bertz CT molecular complexity index is 784. The number of anilines is 1. The smallest absolute Gasteiger partial charge is 0.319 e. The van der Waals surface area contributed by atoms with E-state index in [0.717, 1.165) is 17.0 Å². The molecule has 0 aliphatic rings. The van der Waals surface area contributed by atoms with E-state index in [2.05, 4.69) is 25.9 Å². The van der Waals surface area contributed by atoms with E-state index in [1.807, 2.05) is 39.8 Å². The first kappa shape index (κ1) is 19.4. The molecule has 0 saturated carbocycles. The zero-order valence-corrected chi connectivity index (χ0v) is 15.6. The van der Waals surface area contributed by atoms with Gasteiger partial charge in [-0.05, 0) is 51.5 Å². The van der Waals surface area contributed by atoms with Crippen LogP contribution in [0.1, 0.15) is 40.1 Å². The highest BCUT2D eigenvalue weighted by molar-refractivity contribution is 5.97. The molecule has 7 heteroatoms. The third-order valence-electron chi connectivity index (χ3n) is 3.75. The number of hydrogen-bond donors (Lipinski definition) is 3. The molecule has 26 heavy (non-hydrogen) atoms. The van der Waals surface area contributed by atoms with Crippen LogP contribution in [0, 0.1) is 20.8 Å². The number of urea groups is 1. The summed E-state index contributed by atoms with van der Waals surface area (Å²) in [6, 6.07) is 6.80. The van der Waals surface area contributed by atoms with Crippen molar-refractivity contribution in [2.24, 2.45) is 0 Å². The third kappa shape index (κ3) is 5.54. The molecule has 1 heterocycles. The standard InChI is InChI=1S/C19H25N5O2/c1-5-20-18(25)15-7-6-12(2)16(11-15)24-19(26)21-9-8-17-22-13(3)10-14(4)23-17/h6-7,10-11H,5,8-9H2,1-4H3,(H,20,25)(H2,21,24,26). The summed E-state index contributed by atoms with van der Waals surface area (Å²) < 4.78 is 0. The van der Waals surface area contributed by atoms with Gasteiger partial charge in [-0.25, -0.2) is 14.8 Å². The van der Waals surface area contributed by atoms with Crippen LogP contribution >= 0.6 is 0 Å². The lowest BCUT2D eigenvalue weighted by Crippen LogP contribution is -2.31. The molecule has 0 atom stereocenters. The Hall–Kier alpha value is -2.96. The van der Waals surface area contributed by atoms with Crippen molar-refractivity contribution in [2.45, 2.75) is 34.1 Å². The third-order valence-corrected chi connectivity index (χ3v) is 3.75. The van der Waals surface area contributed by atoms with E-state index in [1.54, 1.807) is 12.1 Å². The number of aryl methyl sites for hydroxylation is 3. The summed E-state index contributed by atoms with van der Waals surface area (Å²) in [4.78, 5) is 32.8. The van der Waals surface area contributed by atoms with Crippen molar-refractivity contribution in [3.8, 4) is 0 Å². The molecule has 0 bridgehead atoms. The van der Waals surface area contributed by atoms with Crippen molar-refractivity contribution >= 4 is 17.6 Å². The molecular weight excluding hydrogens is 330 g/mol. The lowest BCUT2D eigenvalue weighted by molar-refractivity contribution is 0.0956. The van der Waals surface area contributed by atoms with Crippen LogP contribution < -0.4 is 16.0 Å². The molecule has 0 unspecified atom stereocenters. The minimum Gasteiger partial charge on any atom is -0.352 e. The highest BCUT2D eigenvalue weighted by atomic mass is 16.2. The summed E-state index contributed by atoms with van der Waals surface area (Å²) in [5.74, 6) is 0.542. The highest BCUT2D eigenvalue weighted by Gasteiger charge is 2.10. The molecule has 7 nitrogen and oxygen atoms in total.